The summed E-state index contributed by atoms with van der Waals surface area (Å²) in [5, 5.41) is 6.80. The number of benzene rings is 3. The highest BCUT2D eigenvalue weighted by molar-refractivity contribution is 6.11. The monoisotopic (exact) mass is 273 g/mol. The van der Waals surface area contributed by atoms with Crippen molar-refractivity contribution in [1.82, 2.24) is 0 Å². The molecule has 1 atom stereocenters. The van der Waals surface area contributed by atoms with Crippen molar-refractivity contribution in [2.45, 2.75) is 12.5 Å². The molecule has 0 aromatic heterocycles. The van der Waals surface area contributed by atoms with E-state index >= 15 is 0 Å². The van der Waals surface area contributed by atoms with Crippen molar-refractivity contribution in [2.75, 3.05) is 0 Å². The number of hydrogen-bond donors (Lipinski definition) is 0. The fourth-order valence-electron chi connectivity index (χ4n) is 2.86. The van der Waals surface area contributed by atoms with Crippen LogP contribution in [0.5, 0.6) is 0 Å². The van der Waals surface area contributed by atoms with Gasteiger partial charge in [0.2, 0.25) is 0 Å². The van der Waals surface area contributed by atoms with E-state index in [-0.39, 0.29) is 6.10 Å². The first kappa shape index (κ1) is 12.2. The summed E-state index contributed by atoms with van der Waals surface area (Å²) in [6, 6.07) is 25.0. The molecule has 2 nitrogen and oxygen atoms in total. The van der Waals surface area contributed by atoms with Crippen molar-refractivity contribution in [3.05, 3.63) is 83.9 Å². The summed E-state index contributed by atoms with van der Waals surface area (Å²) in [6.07, 6.45) is 0.845. The summed E-state index contributed by atoms with van der Waals surface area (Å²) in [4.78, 5) is 5.64. The molecule has 3 aromatic rings. The van der Waals surface area contributed by atoms with E-state index in [2.05, 4.69) is 59.8 Å². The Morgan fingerprint density at radius 2 is 1.57 bits per heavy atom. The lowest BCUT2D eigenvalue weighted by atomic mass is 9.96. The molecule has 0 aliphatic carbocycles. The topological polar surface area (TPSA) is 21.6 Å². The van der Waals surface area contributed by atoms with Crippen LogP contribution in [0, 0.1) is 0 Å². The van der Waals surface area contributed by atoms with Gasteiger partial charge in [-0.3, -0.25) is 0 Å². The van der Waals surface area contributed by atoms with Crippen molar-refractivity contribution in [3.8, 4) is 0 Å². The van der Waals surface area contributed by atoms with Gasteiger partial charge < -0.3 is 4.84 Å². The van der Waals surface area contributed by atoms with Crippen LogP contribution in [-0.2, 0) is 4.84 Å². The molecule has 1 unspecified atom stereocenters. The second-order valence-electron chi connectivity index (χ2n) is 5.27. The molecule has 3 aromatic carbocycles. The molecular formula is C19H15NO. The first-order valence-electron chi connectivity index (χ1n) is 7.17. The highest BCUT2D eigenvalue weighted by atomic mass is 16.6. The van der Waals surface area contributed by atoms with Crippen LogP contribution in [0.1, 0.15) is 23.7 Å². The number of rotatable bonds is 2. The van der Waals surface area contributed by atoms with Crippen LogP contribution in [0.3, 0.4) is 0 Å². The highest BCUT2D eigenvalue weighted by Crippen LogP contribution is 2.31. The Morgan fingerprint density at radius 1 is 0.810 bits per heavy atom. The van der Waals surface area contributed by atoms with Gasteiger partial charge in [-0.2, -0.15) is 0 Å². The Hall–Kier alpha value is -2.61. The summed E-state index contributed by atoms with van der Waals surface area (Å²) in [7, 11) is 0. The van der Waals surface area contributed by atoms with Crippen LogP contribution in [0.25, 0.3) is 10.8 Å². The molecule has 0 amide bonds. The van der Waals surface area contributed by atoms with Gasteiger partial charge in [0.1, 0.15) is 0 Å². The maximum Gasteiger partial charge on any atom is 0.158 e. The zero-order chi connectivity index (χ0) is 14.1. The van der Waals surface area contributed by atoms with Gasteiger partial charge in [0, 0.05) is 12.0 Å². The molecule has 0 fully saturated rings. The summed E-state index contributed by atoms with van der Waals surface area (Å²) in [5.41, 5.74) is 3.38. The maximum atomic E-state index is 5.64. The van der Waals surface area contributed by atoms with Crippen LogP contribution in [0.15, 0.2) is 78.0 Å². The minimum atomic E-state index is 0.0279. The van der Waals surface area contributed by atoms with Gasteiger partial charge >= 0.3 is 0 Å². The zero-order valence-corrected chi connectivity index (χ0v) is 11.6. The van der Waals surface area contributed by atoms with Gasteiger partial charge in [-0.25, -0.2) is 0 Å². The minimum Gasteiger partial charge on any atom is -0.387 e. The summed E-state index contributed by atoms with van der Waals surface area (Å²) < 4.78 is 0. The Balaban J connectivity index is 1.69. The molecule has 1 aliphatic heterocycles. The molecule has 4 rings (SSSR count). The van der Waals surface area contributed by atoms with Gasteiger partial charge in [-0.15, -0.1) is 0 Å². The van der Waals surface area contributed by atoms with Crippen LogP contribution in [-0.4, -0.2) is 5.71 Å². The molecule has 21 heavy (non-hydrogen) atoms. The summed E-state index contributed by atoms with van der Waals surface area (Å²) >= 11 is 0. The number of nitrogens with zero attached hydrogens (tertiary/aromatic N) is 1. The van der Waals surface area contributed by atoms with Gasteiger partial charge in [-0.05, 0) is 16.3 Å². The normalized spacial score (nSPS) is 17.5. The van der Waals surface area contributed by atoms with Crippen LogP contribution in [0.2, 0.25) is 0 Å². The first-order valence-corrected chi connectivity index (χ1v) is 7.17. The molecule has 0 bridgehead atoms. The molecule has 1 heterocycles. The predicted octanol–water partition coefficient (Wildman–Crippen LogP) is 4.71. The molecule has 0 N–H and O–H groups in total. The molecule has 2 heteroatoms. The van der Waals surface area contributed by atoms with E-state index in [4.69, 9.17) is 4.84 Å². The van der Waals surface area contributed by atoms with Crippen molar-refractivity contribution < 1.29 is 4.84 Å². The first-order chi connectivity index (χ1) is 10.4. The lowest BCUT2D eigenvalue weighted by molar-refractivity contribution is 0.0857. The highest BCUT2D eigenvalue weighted by Gasteiger charge is 2.24. The summed E-state index contributed by atoms with van der Waals surface area (Å²) in [6.45, 7) is 0. The predicted molar refractivity (Wildman–Crippen MR) is 85.4 cm³/mol. The average molecular weight is 273 g/mol. The van der Waals surface area contributed by atoms with E-state index in [9.17, 15) is 0 Å². The van der Waals surface area contributed by atoms with Crippen molar-refractivity contribution >= 4 is 16.5 Å². The molecule has 0 saturated carbocycles. The van der Waals surface area contributed by atoms with E-state index in [0.29, 0.717) is 0 Å². The molecule has 102 valence electrons. The zero-order valence-electron chi connectivity index (χ0n) is 11.6. The van der Waals surface area contributed by atoms with E-state index in [1.807, 2.05) is 18.2 Å². The average Bonchev–Trinajstić information content (AvgIpc) is 3.05. The van der Waals surface area contributed by atoms with Gasteiger partial charge in [0.25, 0.3) is 0 Å². The lowest BCUT2D eigenvalue weighted by Crippen LogP contribution is -2.02. The third kappa shape index (κ3) is 2.19. The van der Waals surface area contributed by atoms with E-state index in [1.165, 1.54) is 21.9 Å². The SMILES string of the molecule is c1ccc(C2CC(c3cccc4ccccc34)=NO2)cc1. The standard InChI is InChI=1S/C19H15NO/c1-2-8-15(9-3-1)19-13-18(20-21-19)17-12-6-10-14-7-4-5-11-16(14)17/h1-12,19H,13H2. The number of hydrogen-bond acceptors (Lipinski definition) is 2. The largest absolute Gasteiger partial charge is 0.387 e. The second-order valence-corrected chi connectivity index (χ2v) is 5.27. The third-order valence-electron chi connectivity index (χ3n) is 3.94. The molecule has 0 saturated heterocycles. The van der Waals surface area contributed by atoms with E-state index < -0.39 is 0 Å². The molecule has 0 radical (unpaired) electrons. The van der Waals surface area contributed by atoms with E-state index in [1.54, 1.807) is 0 Å². The maximum absolute atomic E-state index is 5.64. The Kier molecular flexibility index (Phi) is 2.93. The Bertz CT molecular complexity index is 803. The smallest absolute Gasteiger partial charge is 0.158 e. The van der Waals surface area contributed by atoms with Crippen molar-refractivity contribution in [2.24, 2.45) is 5.16 Å². The van der Waals surface area contributed by atoms with Crippen molar-refractivity contribution in [3.63, 3.8) is 0 Å². The number of fused-ring (bicyclic) bond motifs is 1. The van der Waals surface area contributed by atoms with E-state index in [0.717, 1.165) is 12.1 Å². The molecular weight excluding hydrogens is 258 g/mol. The minimum absolute atomic E-state index is 0.0279. The van der Waals surface area contributed by atoms with Crippen LogP contribution >= 0.6 is 0 Å². The second kappa shape index (κ2) is 5.06. The number of oxime groups is 1. The fourth-order valence-corrected chi connectivity index (χ4v) is 2.86. The van der Waals surface area contributed by atoms with Crippen LogP contribution in [0.4, 0.5) is 0 Å². The molecule has 1 aliphatic rings. The Labute approximate surface area is 123 Å². The quantitative estimate of drug-likeness (QED) is 0.663. The van der Waals surface area contributed by atoms with Gasteiger partial charge in [0.05, 0.1) is 5.71 Å². The fraction of sp³-hybridized carbons (Fsp3) is 0.105. The van der Waals surface area contributed by atoms with Crippen LogP contribution < -0.4 is 0 Å². The van der Waals surface area contributed by atoms with Gasteiger partial charge in [0.15, 0.2) is 6.10 Å². The lowest BCUT2D eigenvalue weighted by Gasteiger charge is -2.08. The summed E-state index contributed by atoms with van der Waals surface area (Å²) in [5.74, 6) is 0. The Morgan fingerprint density at radius 3 is 2.48 bits per heavy atom. The van der Waals surface area contributed by atoms with Gasteiger partial charge in [-0.1, -0.05) is 78.0 Å². The third-order valence-corrected chi connectivity index (χ3v) is 3.94. The van der Waals surface area contributed by atoms with Crippen molar-refractivity contribution in [1.29, 1.82) is 0 Å². The molecule has 0 spiro atoms.